The summed E-state index contributed by atoms with van der Waals surface area (Å²) in [7, 11) is 2.92. The number of anilines is 2. The first kappa shape index (κ1) is 29.4. The molecule has 3 heterocycles. The lowest BCUT2D eigenvalue weighted by atomic mass is 10.0. The van der Waals surface area contributed by atoms with E-state index in [0.29, 0.717) is 50.3 Å². The van der Waals surface area contributed by atoms with Crippen LogP contribution in [0.5, 0.6) is 17.4 Å². The van der Waals surface area contributed by atoms with Crippen molar-refractivity contribution in [3.63, 3.8) is 0 Å². The summed E-state index contributed by atoms with van der Waals surface area (Å²) in [6, 6.07) is 23.7. The number of hydrogen-bond donors (Lipinski definition) is 2. The molecule has 0 radical (unpaired) electrons. The normalized spacial score (nSPS) is 11.2. The Bertz CT molecular complexity index is 2310. The van der Waals surface area contributed by atoms with Crippen molar-refractivity contribution in [3.05, 3.63) is 103 Å². The Morgan fingerprint density at radius 3 is 2.49 bits per heavy atom. The Hall–Kier alpha value is -6.27. The van der Waals surface area contributed by atoms with Crippen LogP contribution in [0.2, 0.25) is 0 Å². The molecule has 0 aliphatic rings. The molecular weight excluding hydrogens is 607 g/mol. The average molecular weight is 633 g/mol. The van der Waals surface area contributed by atoms with E-state index >= 15 is 0 Å². The van der Waals surface area contributed by atoms with E-state index in [9.17, 15) is 14.0 Å². The third-order valence-corrected chi connectivity index (χ3v) is 7.39. The van der Waals surface area contributed by atoms with E-state index in [-0.39, 0.29) is 29.6 Å². The number of para-hydroxylation sites is 2. The van der Waals surface area contributed by atoms with E-state index in [1.54, 1.807) is 49.6 Å². The van der Waals surface area contributed by atoms with Crippen molar-refractivity contribution in [2.45, 2.75) is 0 Å². The fraction of sp³-hybridized carbons (Fsp3) is 0.0857. The average Bonchev–Trinajstić information content (AvgIpc) is 3.64. The lowest BCUT2D eigenvalue weighted by molar-refractivity contribution is -0.119. The molecule has 11 nitrogen and oxygen atoms in total. The molecule has 0 bridgehead atoms. The number of nitrogens with zero attached hydrogens (tertiary/aromatic N) is 2. The predicted octanol–water partition coefficient (Wildman–Crippen LogP) is 7.57. The third-order valence-electron chi connectivity index (χ3n) is 7.39. The van der Waals surface area contributed by atoms with Gasteiger partial charge in [-0.05, 0) is 54.1 Å². The summed E-state index contributed by atoms with van der Waals surface area (Å²) in [6.07, 6.45) is 1.40. The summed E-state index contributed by atoms with van der Waals surface area (Å²) < 4.78 is 43.1. The summed E-state index contributed by atoms with van der Waals surface area (Å²) in [5.74, 6) is -1.01. The van der Waals surface area contributed by atoms with Gasteiger partial charge in [-0.2, -0.15) is 4.98 Å². The number of methoxy groups -OCH3 is 2. The van der Waals surface area contributed by atoms with E-state index in [2.05, 4.69) is 20.6 Å². The maximum atomic E-state index is 14.3. The number of ether oxygens (including phenoxy) is 3. The number of carbonyl (C=O) groups excluding carboxylic acids is 2. The van der Waals surface area contributed by atoms with Crippen LogP contribution in [0.25, 0.3) is 44.2 Å². The van der Waals surface area contributed by atoms with Crippen LogP contribution in [0.1, 0.15) is 10.6 Å². The quantitative estimate of drug-likeness (QED) is 0.165. The first-order chi connectivity index (χ1) is 22.9. The van der Waals surface area contributed by atoms with Crippen LogP contribution >= 0.6 is 0 Å². The van der Waals surface area contributed by atoms with Crippen LogP contribution in [-0.2, 0) is 9.53 Å². The molecule has 0 saturated carbocycles. The second-order valence-corrected chi connectivity index (χ2v) is 10.4. The summed E-state index contributed by atoms with van der Waals surface area (Å²) >= 11 is 0. The van der Waals surface area contributed by atoms with Crippen molar-refractivity contribution < 1.29 is 37.0 Å². The molecule has 0 saturated heterocycles. The Balaban J connectivity index is 1.32. The van der Waals surface area contributed by atoms with Gasteiger partial charge in [-0.25, -0.2) is 9.37 Å². The number of rotatable bonds is 9. The Kier molecular flexibility index (Phi) is 7.68. The van der Waals surface area contributed by atoms with Crippen molar-refractivity contribution in [1.82, 2.24) is 9.97 Å². The number of hydrogen-bond acceptors (Lipinski definition) is 9. The number of amides is 2. The highest BCUT2D eigenvalue weighted by atomic mass is 19.1. The third kappa shape index (κ3) is 5.57. The summed E-state index contributed by atoms with van der Waals surface area (Å²) in [5, 5.41) is 6.45. The van der Waals surface area contributed by atoms with Crippen molar-refractivity contribution in [3.8, 4) is 28.5 Å². The van der Waals surface area contributed by atoms with Gasteiger partial charge in [0.1, 0.15) is 52.6 Å². The monoisotopic (exact) mass is 632 g/mol. The van der Waals surface area contributed by atoms with Gasteiger partial charge in [0.25, 0.3) is 11.8 Å². The van der Waals surface area contributed by atoms with E-state index in [1.165, 1.54) is 31.6 Å². The smallest absolute Gasteiger partial charge is 0.293 e. The molecule has 3 aromatic heterocycles. The molecule has 0 aliphatic carbocycles. The minimum Gasteiger partial charge on any atom is -0.497 e. The molecular formula is C35H25FN4O7. The first-order valence-corrected chi connectivity index (χ1v) is 14.3. The van der Waals surface area contributed by atoms with Gasteiger partial charge in [-0.3, -0.25) is 9.59 Å². The van der Waals surface area contributed by atoms with E-state index in [0.717, 1.165) is 5.39 Å². The van der Waals surface area contributed by atoms with Crippen LogP contribution in [0.15, 0.2) is 100 Å². The zero-order valence-electron chi connectivity index (χ0n) is 25.0. The van der Waals surface area contributed by atoms with Gasteiger partial charge in [0.2, 0.25) is 17.3 Å². The molecule has 2 amide bonds. The van der Waals surface area contributed by atoms with Crippen molar-refractivity contribution in [1.29, 1.82) is 0 Å². The molecule has 0 atom stereocenters. The van der Waals surface area contributed by atoms with Gasteiger partial charge >= 0.3 is 0 Å². The summed E-state index contributed by atoms with van der Waals surface area (Å²) in [6.45, 7) is -0.271. The predicted molar refractivity (Wildman–Crippen MR) is 172 cm³/mol. The zero-order chi connectivity index (χ0) is 32.5. The number of aromatic nitrogens is 2. The standard InChI is InChI=1S/C35H25FN4O7/c1-43-17-29(41)40-31-23-15-19(11-14-27(23)45-32(31)34(42)39-25-9-5-4-8-24(25)36)21-13-12-20(44-2)16-28(21)47-35-33-30(37-18-38-35)22-7-3-6-10-26(22)46-33/h3-16,18H,17H2,1-2H3,(H,39,42)(H,40,41). The topological polar surface area (TPSA) is 138 Å². The maximum Gasteiger partial charge on any atom is 0.293 e. The molecule has 0 spiro atoms. The molecule has 0 aliphatic heterocycles. The van der Waals surface area contributed by atoms with Crippen LogP contribution in [0.3, 0.4) is 0 Å². The fourth-order valence-corrected chi connectivity index (χ4v) is 5.23. The summed E-state index contributed by atoms with van der Waals surface area (Å²) in [4.78, 5) is 34.8. The van der Waals surface area contributed by atoms with E-state index in [1.807, 2.05) is 24.3 Å². The molecule has 234 valence electrons. The zero-order valence-corrected chi connectivity index (χ0v) is 25.0. The van der Waals surface area contributed by atoms with Crippen molar-refractivity contribution in [2.75, 3.05) is 31.5 Å². The highest BCUT2D eigenvalue weighted by molar-refractivity contribution is 6.15. The first-order valence-electron chi connectivity index (χ1n) is 14.3. The fourth-order valence-electron chi connectivity index (χ4n) is 5.23. The number of halogens is 1. The second-order valence-electron chi connectivity index (χ2n) is 10.4. The lowest BCUT2D eigenvalue weighted by Crippen LogP contribution is -2.20. The van der Waals surface area contributed by atoms with E-state index < -0.39 is 17.6 Å². The number of nitrogens with one attached hydrogen (secondary N) is 2. The SMILES string of the molecule is COCC(=O)Nc1c(C(=O)Nc2ccccc2F)oc2ccc(-c3ccc(OC)cc3Oc3ncnc4c3oc3ccccc34)cc12. The molecule has 47 heavy (non-hydrogen) atoms. The largest absolute Gasteiger partial charge is 0.497 e. The van der Waals surface area contributed by atoms with Crippen LogP contribution in [-0.4, -0.2) is 42.6 Å². The maximum absolute atomic E-state index is 14.3. The molecule has 7 rings (SSSR count). The highest BCUT2D eigenvalue weighted by Crippen LogP contribution is 2.41. The van der Waals surface area contributed by atoms with Gasteiger partial charge in [0.05, 0.1) is 12.8 Å². The molecule has 7 aromatic rings. The minimum atomic E-state index is -0.757. The number of benzene rings is 4. The molecule has 2 N–H and O–H groups in total. The van der Waals surface area contributed by atoms with Crippen molar-refractivity contribution >= 4 is 56.2 Å². The van der Waals surface area contributed by atoms with Gasteiger partial charge in [-0.15, -0.1) is 0 Å². The highest BCUT2D eigenvalue weighted by Gasteiger charge is 2.25. The number of carbonyl (C=O) groups is 2. The van der Waals surface area contributed by atoms with Gasteiger partial charge in [0, 0.05) is 29.5 Å². The Morgan fingerprint density at radius 2 is 1.66 bits per heavy atom. The Labute approximate surface area is 265 Å². The van der Waals surface area contributed by atoms with Gasteiger partial charge in [-0.1, -0.05) is 30.3 Å². The van der Waals surface area contributed by atoms with Crippen LogP contribution < -0.4 is 20.1 Å². The molecule has 0 unspecified atom stereocenters. The van der Waals surface area contributed by atoms with Crippen LogP contribution in [0, 0.1) is 5.82 Å². The van der Waals surface area contributed by atoms with Crippen molar-refractivity contribution in [2.24, 2.45) is 0 Å². The molecule has 4 aromatic carbocycles. The Morgan fingerprint density at radius 1 is 0.851 bits per heavy atom. The van der Waals surface area contributed by atoms with Crippen LogP contribution in [0.4, 0.5) is 15.8 Å². The number of fused-ring (bicyclic) bond motifs is 4. The molecule has 12 heteroatoms. The van der Waals surface area contributed by atoms with Gasteiger partial charge in [0.15, 0.2) is 0 Å². The second kappa shape index (κ2) is 12.3. The lowest BCUT2D eigenvalue weighted by Gasteiger charge is -2.13. The number of furan rings is 2. The summed E-state index contributed by atoms with van der Waals surface area (Å²) in [5.41, 5.74) is 3.24. The molecule has 0 fully saturated rings. The van der Waals surface area contributed by atoms with Gasteiger partial charge < -0.3 is 33.7 Å². The van der Waals surface area contributed by atoms with E-state index in [4.69, 9.17) is 23.0 Å². The minimum absolute atomic E-state index is 0.0453.